The highest BCUT2D eigenvalue weighted by Crippen LogP contribution is 2.40. The Morgan fingerprint density at radius 2 is 0.470 bits per heavy atom. The molecule has 2 nitrogen and oxygen atoms in total. The molecule has 0 bridgehead atoms. The van der Waals surface area contributed by atoms with Gasteiger partial charge in [-0.05, 0) is 145 Å². The summed E-state index contributed by atoms with van der Waals surface area (Å²) in [4.78, 5) is 4.66. The summed E-state index contributed by atoms with van der Waals surface area (Å²) in [6, 6.07) is 100. The molecule has 11 rings (SSSR count). The van der Waals surface area contributed by atoms with E-state index in [1.807, 2.05) is 0 Å². The molecule has 0 fully saturated rings. The van der Waals surface area contributed by atoms with Crippen LogP contribution in [0.25, 0.3) is 66.4 Å². The van der Waals surface area contributed by atoms with Crippen LogP contribution in [0.15, 0.2) is 279 Å². The molecule has 312 valence electrons. The quantitative estimate of drug-likeness (QED) is 0.128. The lowest BCUT2D eigenvalue weighted by Gasteiger charge is -2.26. The van der Waals surface area contributed by atoms with Crippen LogP contribution >= 0.6 is 0 Å². The molecule has 0 heterocycles. The van der Waals surface area contributed by atoms with Crippen LogP contribution in [0.4, 0.5) is 34.1 Å². The van der Waals surface area contributed by atoms with Gasteiger partial charge in [-0.25, -0.2) is 0 Å². The Labute approximate surface area is 387 Å². The summed E-state index contributed by atoms with van der Waals surface area (Å²) in [5, 5.41) is 2.50. The lowest BCUT2D eigenvalue weighted by molar-refractivity contribution is 1.28. The molecule has 66 heavy (non-hydrogen) atoms. The van der Waals surface area contributed by atoms with Crippen LogP contribution in [0.2, 0.25) is 0 Å². The normalized spacial score (nSPS) is 11.0. The average Bonchev–Trinajstić information content (AvgIpc) is 3.40. The molecule has 0 aromatic heterocycles. The van der Waals surface area contributed by atoms with E-state index in [9.17, 15) is 0 Å². The standard InChI is InChI=1S/C64H46N2/c1-4-14-47(15-5-1)49-26-36-58(37-27-49)65(57-22-8-3-9-23-57)59-40-30-51(31-41-59)55-20-12-21-56(46-55)52-32-42-61(43-33-52)66(60-38-28-50(29-39-60)48-16-6-2-7-17-48)62-44-34-54(35-45-62)64-25-13-19-53-18-10-11-24-63(53)64/h1-46H. The van der Waals surface area contributed by atoms with Crippen LogP contribution < -0.4 is 9.80 Å². The van der Waals surface area contributed by atoms with Gasteiger partial charge in [0.15, 0.2) is 0 Å². The third kappa shape index (κ3) is 8.28. The third-order valence-corrected chi connectivity index (χ3v) is 12.5. The molecule has 0 saturated carbocycles. The predicted octanol–water partition coefficient (Wildman–Crippen LogP) is 18.1. The Balaban J connectivity index is 0.883. The van der Waals surface area contributed by atoms with Crippen molar-refractivity contribution in [3.63, 3.8) is 0 Å². The second-order valence-corrected chi connectivity index (χ2v) is 16.6. The van der Waals surface area contributed by atoms with E-state index in [1.54, 1.807) is 0 Å². The number of hydrogen-bond donors (Lipinski definition) is 0. The summed E-state index contributed by atoms with van der Waals surface area (Å²) >= 11 is 0. The molecular weight excluding hydrogens is 797 g/mol. The van der Waals surface area contributed by atoms with Gasteiger partial charge in [0.05, 0.1) is 0 Å². The van der Waals surface area contributed by atoms with Crippen LogP contribution in [0.5, 0.6) is 0 Å². The third-order valence-electron chi connectivity index (χ3n) is 12.5. The van der Waals surface area contributed by atoms with Crippen molar-refractivity contribution in [2.45, 2.75) is 0 Å². The van der Waals surface area contributed by atoms with Gasteiger partial charge in [-0.1, -0.05) is 200 Å². The fourth-order valence-corrected chi connectivity index (χ4v) is 9.09. The van der Waals surface area contributed by atoms with Crippen molar-refractivity contribution in [1.82, 2.24) is 0 Å². The van der Waals surface area contributed by atoms with Gasteiger partial charge in [0.25, 0.3) is 0 Å². The highest BCUT2D eigenvalue weighted by molar-refractivity contribution is 5.97. The molecular formula is C64H46N2. The van der Waals surface area contributed by atoms with E-state index >= 15 is 0 Å². The van der Waals surface area contributed by atoms with E-state index in [1.165, 1.54) is 60.8 Å². The Bertz CT molecular complexity index is 3340. The van der Waals surface area contributed by atoms with Crippen molar-refractivity contribution < 1.29 is 0 Å². The van der Waals surface area contributed by atoms with Crippen molar-refractivity contribution in [2.75, 3.05) is 9.80 Å². The first kappa shape index (κ1) is 40.1. The summed E-state index contributed by atoms with van der Waals surface area (Å²) in [6.45, 7) is 0. The lowest BCUT2D eigenvalue weighted by Crippen LogP contribution is -2.09. The maximum absolute atomic E-state index is 2.35. The van der Waals surface area contributed by atoms with Crippen LogP contribution in [-0.2, 0) is 0 Å². The van der Waals surface area contributed by atoms with Crippen LogP contribution in [0.1, 0.15) is 0 Å². The van der Waals surface area contributed by atoms with E-state index in [4.69, 9.17) is 0 Å². The minimum absolute atomic E-state index is 1.09. The van der Waals surface area contributed by atoms with Gasteiger partial charge < -0.3 is 9.80 Å². The monoisotopic (exact) mass is 842 g/mol. The second kappa shape index (κ2) is 18.2. The van der Waals surface area contributed by atoms with Crippen molar-refractivity contribution in [1.29, 1.82) is 0 Å². The number of hydrogen-bond acceptors (Lipinski definition) is 2. The fraction of sp³-hybridized carbons (Fsp3) is 0. The molecule has 0 N–H and O–H groups in total. The van der Waals surface area contributed by atoms with E-state index in [-0.39, 0.29) is 0 Å². The van der Waals surface area contributed by atoms with Gasteiger partial charge in [0, 0.05) is 34.1 Å². The molecule has 0 amide bonds. The maximum Gasteiger partial charge on any atom is 0.0462 e. The number of fused-ring (bicyclic) bond motifs is 1. The molecule has 0 aliphatic rings. The highest BCUT2D eigenvalue weighted by Gasteiger charge is 2.16. The largest absolute Gasteiger partial charge is 0.311 e. The molecule has 0 unspecified atom stereocenters. The van der Waals surface area contributed by atoms with Gasteiger partial charge in [-0.2, -0.15) is 0 Å². The smallest absolute Gasteiger partial charge is 0.0462 e. The minimum atomic E-state index is 1.09. The zero-order valence-electron chi connectivity index (χ0n) is 36.5. The summed E-state index contributed by atoms with van der Waals surface area (Å²) in [6.07, 6.45) is 0. The first-order valence-corrected chi connectivity index (χ1v) is 22.6. The number of anilines is 6. The van der Waals surface area contributed by atoms with Crippen molar-refractivity contribution in [2.24, 2.45) is 0 Å². The molecule has 0 aliphatic carbocycles. The maximum atomic E-state index is 2.35. The van der Waals surface area contributed by atoms with E-state index in [0.29, 0.717) is 0 Å². The Morgan fingerprint density at radius 1 is 0.182 bits per heavy atom. The average molecular weight is 843 g/mol. The molecule has 0 radical (unpaired) electrons. The van der Waals surface area contributed by atoms with Gasteiger partial charge in [-0.15, -0.1) is 0 Å². The second-order valence-electron chi connectivity index (χ2n) is 16.6. The SMILES string of the molecule is c1ccc(-c2ccc(N(c3ccccc3)c3ccc(-c4cccc(-c5ccc(N(c6ccc(-c7ccccc7)cc6)c6ccc(-c7cccc8ccccc78)cc6)cc5)c4)cc3)cc2)cc1. The summed E-state index contributed by atoms with van der Waals surface area (Å²) < 4.78 is 0. The molecule has 0 saturated heterocycles. The molecule has 0 atom stereocenters. The van der Waals surface area contributed by atoms with Crippen LogP contribution in [-0.4, -0.2) is 0 Å². The number of benzene rings is 11. The van der Waals surface area contributed by atoms with Gasteiger partial charge in [0.2, 0.25) is 0 Å². The molecule has 11 aromatic carbocycles. The lowest BCUT2D eigenvalue weighted by atomic mass is 9.97. The summed E-state index contributed by atoms with van der Waals surface area (Å²) in [5.41, 5.74) is 18.5. The van der Waals surface area contributed by atoms with Crippen molar-refractivity contribution >= 4 is 44.9 Å². The van der Waals surface area contributed by atoms with E-state index in [2.05, 4.69) is 289 Å². The van der Waals surface area contributed by atoms with Crippen molar-refractivity contribution in [3.05, 3.63) is 279 Å². The van der Waals surface area contributed by atoms with Crippen LogP contribution in [0, 0.1) is 0 Å². The molecule has 0 aliphatic heterocycles. The number of nitrogens with zero attached hydrogens (tertiary/aromatic N) is 2. The summed E-state index contributed by atoms with van der Waals surface area (Å²) in [5.74, 6) is 0. The zero-order chi connectivity index (χ0) is 44.1. The predicted molar refractivity (Wildman–Crippen MR) is 280 cm³/mol. The van der Waals surface area contributed by atoms with Gasteiger partial charge in [0.1, 0.15) is 0 Å². The summed E-state index contributed by atoms with van der Waals surface area (Å²) in [7, 11) is 0. The van der Waals surface area contributed by atoms with Crippen molar-refractivity contribution in [3.8, 4) is 55.6 Å². The topological polar surface area (TPSA) is 6.48 Å². The van der Waals surface area contributed by atoms with E-state index in [0.717, 1.165) is 39.7 Å². The fourth-order valence-electron chi connectivity index (χ4n) is 9.09. The Hall–Kier alpha value is -8.72. The van der Waals surface area contributed by atoms with E-state index < -0.39 is 0 Å². The molecule has 2 heteroatoms. The molecule has 0 spiro atoms. The highest BCUT2D eigenvalue weighted by atomic mass is 15.1. The van der Waals surface area contributed by atoms with Gasteiger partial charge >= 0.3 is 0 Å². The first-order chi connectivity index (χ1) is 32.7. The van der Waals surface area contributed by atoms with Crippen LogP contribution in [0.3, 0.4) is 0 Å². The molecule has 11 aromatic rings. The Kier molecular flexibility index (Phi) is 11.0. The number of para-hydroxylation sites is 1. The van der Waals surface area contributed by atoms with Gasteiger partial charge in [-0.3, -0.25) is 0 Å². The first-order valence-electron chi connectivity index (χ1n) is 22.6. The minimum Gasteiger partial charge on any atom is -0.311 e. The Morgan fingerprint density at radius 3 is 0.909 bits per heavy atom. The number of rotatable bonds is 11. The zero-order valence-corrected chi connectivity index (χ0v) is 36.5.